The lowest BCUT2D eigenvalue weighted by molar-refractivity contribution is 0.588. The molecule has 1 rings (SSSR count). The Balaban J connectivity index is 2.51. The Hall–Kier alpha value is -1.48. The highest BCUT2D eigenvalue weighted by atomic mass is 32.2. The van der Waals surface area contributed by atoms with Gasteiger partial charge in [0.05, 0.1) is 12.5 Å². The van der Waals surface area contributed by atoms with Gasteiger partial charge in [-0.25, -0.2) is 22.5 Å². The average molecular weight is 263 g/mol. The Labute approximate surface area is 98.9 Å². The standard InChI is InChI=1S/C8H14FN5O2S/c1-10-8-12-5-6(9)7(14-8)11-3-4-13-17(2,15)16/h5,13H,3-4H2,1-2H3,(H2,10,11,12,14). The summed E-state index contributed by atoms with van der Waals surface area (Å²) >= 11 is 0. The molecule has 9 heteroatoms. The summed E-state index contributed by atoms with van der Waals surface area (Å²) in [5.41, 5.74) is 0. The van der Waals surface area contributed by atoms with Crippen LogP contribution in [0.5, 0.6) is 0 Å². The molecule has 0 amide bonds. The second-order valence-electron chi connectivity index (χ2n) is 3.23. The molecule has 0 saturated heterocycles. The summed E-state index contributed by atoms with van der Waals surface area (Å²) in [6.45, 7) is 0.376. The zero-order chi connectivity index (χ0) is 12.9. The first-order chi connectivity index (χ1) is 7.92. The lowest BCUT2D eigenvalue weighted by Crippen LogP contribution is -2.28. The molecule has 0 aromatic carbocycles. The highest BCUT2D eigenvalue weighted by Gasteiger charge is 2.05. The predicted molar refractivity (Wildman–Crippen MR) is 62.9 cm³/mol. The number of anilines is 2. The van der Waals surface area contributed by atoms with Crippen molar-refractivity contribution in [1.82, 2.24) is 14.7 Å². The first-order valence-electron chi connectivity index (χ1n) is 4.81. The molecule has 0 fully saturated rings. The highest BCUT2D eigenvalue weighted by Crippen LogP contribution is 2.10. The molecular weight excluding hydrogens is 249 g/mol. The van der Waals surface area contributed by atoms with Crippen LogP contribution in [0.25, 0.3) is 0 Å². The third-order valence-corrected chi connectivity index (χ3v) is 2.48. The van der Waals surface area contributed by atoms with E-state index in [1.165, 1.54) is 0 Å². The molecule has 0 spiro atoms. The predicted octanol–water partition coefficient (Wildman–Crippen LogP) is -0.381. The van der Waals surface area contributed by atoms with Crippen LogP contribution in [0, 0.1) is 5.82 Å². The van der Waals surface area contributed by atoms with Gasteiger partial charge >= 0.3 is 0 Å². The van der Waals surface area contributed by atoms with Crippen molar-refractivity contribution < 1.29 is 12.8 Å². The number of halogens is 1. The molecule has 0 saturated carbocycles. The van der Waals surface area contributed by atoms with E-state index in [0.29, 0.717) is 0 Å². The van der Waals surface area contributed by atoms with E-state index in [1.54, 1.807) is 7.05 Å². The maximum Gasteiger partial charge on any atom is 0.224 e. The van der Waals surface area contributed by atoms with E-state index in [1.807, 2.05) is 0 Å². The second kappa shape index (κ2) is 5.73. The molecule has 1 aromatic rings. The van der Waals surface area contributed by atoms with Crippen LogP contribution in [0.3, 0.4) is 0 Å². The quantitative estimate of drug-likeness (QED) is 0.605. The zero-order valence-electron chi connectivity index (χ0n) is 9.49. The molecule has 0 unspecified atom stereocenters. The number of rotatable bonds is 6. The maximum atomic E-state index is 13.2. The topological polar surface area (TPSA) is 96.0 Å². The Morgan fingerprint density at radius 2 is 2.12 bits per heavy atom. The molecule has 0 aliphatic carbocycles. The summed E-state index contributed by atoms with van der Waals surface area (Å²) in [6.07, 6.45) is 2.09. The second-order valence-corrected chi connectivity index (χ2v) is 5.07. The first-order valence-corrected chi connectivity index (χ1v) is 6.70. The molecule has 1 heterocycles. The van der Waals surface area contributed by atoms with Gasteiger partial charge in [0, 0.05) is 20.1 Å². The fraction of sp³-hybridized carbons (Fsp3) is 0.500. The van der Waals surface area contributed by atoms with Gasteiger partial charge in [0.15, 0.2) is 11.6 Å². The number of nitrogens with one attached hydrogen (secondary N) is 3. The van der Waals surface area contributed by atoms with Crippen LogP contribution < -0.4 is 15.4 Å². The van der Waals surface area contributed by atoms with Crippen LogP contribution in [-0.4, -0.2) is 44.8 Å². The van der Waals surface area contributed by atoms with Crippen molar-refractivity contribution in [2.45, 2.75) is 0 Å². The van der Waals surface area contributed by atoms with Crippen molar-refractivity contribution in [1.29, 1.82) is 0 Å². The Kier molecular flexibility index (Phi) is 4.58. The van der Waals surface area contributed by atoms with E-state index < -0.39 is 15.8 Å². The van der Waals surface area contributed by atoms with Gasteiger partial charge in [-0.05, 0) is 0 Å². The molecule has 0 radical (unpaired) electrons. The number of sulfonamides is 1. The number of nitrogens with zero attached hydrogens (tertiary/aromatic N) is 2. The SMILES string of the molecule is CNc1ncc(F)c(NCCNS(C)(=O)=O)n1. The molecule has 0 bridgehead atoms. The summed E-state index contributed by atoms with van der Waals surface area (Å²) in [5.74, 6) is -0.284. The molecule has 96 valence electrons. The molecule has 7 nitrogen and oxygen atoms in total. The van der Waals surface area contributed by atoms with Crippen LogP contribution in [0.1, 0.15) is 0 Å². The third-order valence-electron chi connectivity index (χ3n) is 1.75. The fourth-order valence-corrected chi connectivity index (χ4v) is 1.50. The van der Waals surface area contributed by atoms with Crippen LogP contribution in [-0.2, 0) is 10.0 Å². The summed E-state index contributed by atoms with van der Waals surface area (Å²) in [7, 11) is -1.62. The van der Waals surface area contributed by atoms with Crippen molar-refractivity contribution in [2.75, 3.05) is 37.0 Å². The van der Waals surface area contributed by atoms with Gasteiger partial charge in [-0.2, -0.15) is 4.98 Å². The van der Waals surface area contributed by atoms with Crippen molar-refractivity contribution in [3.63, 3.8) is 0 Å². The van der Waals surface area contributed by atoms with Crippen LogP contribution in [0.15, 0.2) is 6.20 Å². The molecular formula is C8H14FN5O2S. The summed E-state index contributed by atoms with van der Waals surface area (Å²) in [6, 6.07) is 0. The largest absolute Gasteiger partial charge is 0.366 e. The minimum Gasteiger partial charge on any atom is -0.366 e. The van der Waals surface area contributed by atoms with E-state index in [2.05, 4.69) is 25.3 Å². The Morgan fingerprint density at radius 3 is 2.71 bits per heavy atom. The molecule has 1 aromatic heterocycles. The summed E-state index contributed by atoms with van der Waals surface area (Å²) in [4.78, 5) is 7.52. The monoisotopic (exact) mass is 263 g/mol. The summed E-state index contributed by atoms with van der Waals surface area (Å²) in [5, 5.41) is 5.34. The van der Waals surface area contributed by atoms with Crippen molar-refractivity contribution >= 4 is 21.8 Å². The van der Waals surface area contributed by atoms with E-state index in [4.69, 9.17) is 0 Å². The van der Waals surface area contributed by atoms with E-state index in [-0.39, 0.29) is 24.9 Å². The molecule has 0 aliphatic heterocycles. The normalized spacial score (nSPS) is 11.2. The minimum absolute atomic E-state index is 0.0275. The van der Waals surface area contributed by atoms with E-state index in [0.717, 1.165) is 12.5 Å². The van der Waals surface area contributed by atoms with Gasteiger partial charge in [0.25, 0.3) is 0 Å². The minimum atomic E-state index is -3.23. The van der Waals surface area contributed by atoms with Gasteiger partial charge in [-0.15, -0.1) is 0 Å². The third kappa shape index (κ3) is 4.91. The Bertz CT molecular complexity index is 479. The maximum absolute atomic E-state index is 13.2. The molecule has 0 aliphatic rings. The van der Waals surface area contributed by atoms with Crippen molar-refractivity contribution in [3.05, 3.63) is 12.0 Å². The van der Waals surface area contributed by atoms with Crippen LogP contribution >= 0.6 is 0 Å². The number of hydrogen-bond donors (Lipinski definition) is 3. The van der Waals surface area contributed by atoms with Gasteiger partial charge < -0.3 is 10.6 Å². The van der Waals surface area contributed by atoms with Crippen molar-refractivity contribution in [3.8, 4) is 0 Å². The lowest BCUT2D eigenvalue weighted by Gasteiger charge is -2.07. The van der Waals surface area contributed by atoms with E-state index in [9.17, 15) is 12.8 Å². The molecule has 3 N–H and O–H groups in total. The molecule has 0 atom stereocenters. The van der Waals surface area contributed by atoms with Crippen LogP contribution in [0.2, 0.25) is 0 Å². The van der Waals surface area contributed by atoms with Gasteiger partial charge in [0.2, 0.25) is 16.0 Å². The summed E-state index contributed by atoms with van der Waals surface area (Å²) < 4.78 is 37.0. The highest BCUT2D eigenvalue weighted by molar-refractivity contribution is 7.88. The Morgan fingerprint density at radius 1 is 1.41 bits per heavy atom. The van der Waals surface area contributed by atoms with E-state index >= 15 is 0 Å². The number of hydrogen-bond acceptors (Lipinski definition) is 6. The lowest BCUT2D eigenvalue weighted by atomic mass is 10.5. The number of aromatic nitrogens is 2. The molecule has 17 heavy (non-hydrogen) atoms. The van der Waals surface area contributed by atoms with Crippen molar-refractivity contribution in [2.24, 2.45) is 0 Å². The zero-order valence-corrected chi connectivity index (χ0v) is 10.3. The van der Waals surface area contributed by atoms with Crippen LogP contribution in [0.4, 0.5) is 16.2 Å². The first kappa shape index (κ1) is 13.6. The smallest absolute Gasteiger partial charge is 0.224 e. The fourth-order valence-electron chi connectivity index (χ4n) is 1.03. The van der Waals surface area contributed by atoms with Gasteiger partial charge in [0.1, 0.15) is 0 Å². The van der Waals surface area contributed by atoms with Gasteiger partial charge in [-0.3, -0.25) is 0 Å². The van der Waals surface area contributed by atoms with Gasteiger partial charge in [-0.1, -0.05) is 0 Å². The average Bonchev–Trinajstić information content (AvgIpc) is 2.25.